The number of hydrogen-bond donors (Lipinski definition) is 2. The van der Waals surface area contributed by atoms with Crippen molar-refractivity contribution in [3.8, 4) is 0 Å². The zero-order valence-corrected chi connectivity index (χ0v) is 12.8. The molecule has 1 aromatic heterocycles. The maximum Gasteiger partial charge on any atom is 0.416 e. The molecule has 2 aromatic rings. The Balaban J connectivity index is 1.82. The van der Waals surface area contributed by atoms with E-state index in [0.717, 1.165) is 37.3 Å². The van der Waals surface area contributed by atoms with Crippen LogP contribution in [-0.4, -0.2) is 17.0 Å². The van der Waals surface area contributed by atoms with E-state index in [2.05, 4.69) is 5.32 Å². The molecule has 1 fully saturated rings. The van der Waals surface area contributed by atoms with E-state index < -0.39 is 29.7 Å². The molecule has 1 atom stereocenters. The number of nitrogens with one attached hydrogen (secondary N) is 1. The van der Waals surface area contributed by atoms with Gasteiger partial charge in [-0.25, -0.2) is 4.79 Å². The molecule has 132 valence electrons. The first-order valence-corrected chi connectivity index (χ1v) is 7.55. The Hall–Kier alpha value is -2.77. The van der Waals surface area contributed by atoms with Crippen LogP contribution in [0.4, 0.5) is 13.2 Å². The highest BCUT2D eigenvalue weighted by Gasteiger charge is 2.36. The summed E-state index contributed by atoms with van der Waals surface area (Å²) in [5.74, 6) is -2.06. The predicted octanol–water partition coefficient (Wildman–Crippen LogP) is 3.88. The molecule has 1 saturated carbocycles. The molecule has 1 aliphatic rings. The summed E-state index contributed by atoms with van der Waals surface area (Å²) < 4.78 is 43.6. The Labute approximate surface area is 140 Å². The van der Waals surface area contributed by atoms with Crippen molar-refractivity contribution in [2.75, 3.05) is 0 Å². The van der Waals surface area contributed by atoms with Crippen LogP contribution in [0.1, 0.15) is 50.9 Å². The van der Waals surface area contributed by atoms with Crippen LogP contribution in [0.3, 0.4) is 0 Å². The van der Waals surface area contributed by atoms with E-state index in [1.807, 2.05) is 0 Å². The van der Waals surface area contributed by atoms with Gasteiger partial charge in [0, 0.05) is 6.07 Å². The van der Waals surface area contributed by atoms with Crippen molar-refractivity contribution in [2.45, 2.75) is 25.1 Å². The monoisotopic (exact) mass is 353 g/mol. The predicted molar refractivity (Wildman–Crippen MR) is 80.0 cm³/mol. The number of furan rings is 1. The van der Waals surface area contributed by atoms with E-state index in [9.17, 15) is 22.8 Å². The second-order valence-corrected chi connectivity index (χ2v) is 5.92. The van der Waals surface area contributed by atoms with E-state index in [1.165, 1.54) is 12.1 Å². The van der Waals surface area contributed by atoms with Gasteiger partial charge in [0.05, 0.1) is 17.2 Å². The first-order valence-electron chi connectivity index (χ1n) is 7.55. The summed E-state index contributed by atoms with van der Waals surface area (Å²) in [6.07, 6.45) is -1.95. The van der Waals surface area contributed by atoms with Crippen LogP contribution in [0.25, 0.3) is 0 Å². The molecular formula is C17H14F3NO4. The highest BCUT2D eigenvalue weighted by molar-refractivity contribution is 5.95. The molecule has 0 saturated heterocycles. The fourth-order valence-electron chi connectivity index (χ4n) is 2.59. The van der Waals surface area contributed by atoms with Crippen molar-refractivity contribution < 1.29 is 32.3 Å². The Morgan fingerprint density at radius 2 is 1.96 bits per heavy atom. The molecule has 3 rings (SSSR count). The Morgan fingerprint density at radius 3 is 2.52 bits per heavy atom. The average molecular weight is 353 g/mol. The van der Waals surface area contributed by atoms with Crippen LogP contribution in [0.2, 0.25) is 0 Å². The van der Waals surface area contributed by atoms with Gasteiger partial charge in [-0.15, -0.1) is 0 Å². The van der Waals surface area contributed by atoms with Crippen LogP contribution in [0.15, 0.2) is 41.0 Å². The van der Waals surface area contributed by atoms with Gasteiger partial charge in [0.15, 0.2) is 5.76 Å². The lowest BCUT2D eigenvalue weighted by molar-refractivity contribution is -0.137. The minimum Gasteiger partial charge on any atom is -0.478 e. The minimum absolute atomic E-state index is 0.0429. The SMILES string of the molecule is O=C(O)c1coc(C(=O)NC(c2cccc(C(F)(F)F)c2)C2CC2)c1. The second kappa shape index (κ2) is 6.27. The number of rotatable bonds is 5. The van der Waals surface area contributed by atoms with E-state index in [4.69, 9.17) is 9.52 Å². The zero-order chi connectivity index (χ0) is 18.2. The van der Waals surface area contributed by atoms with Crippen LogP contribution in [0.5, 0.6) is 0 Å². The Bertz CT molecular complexity index is 808. The molecule has 1 aliphatic carbocycles. The third-order valence-electron chi connectivity index (χ3n) is 4.02. The Morgan fingerprint density at radius 1 is 1.24 bits per heavy atom. The number of carboxylic acids is 1. The lowest BCUT2D eigenvalue weighted by Gasteiger charge is -2.19. The number of aromatic carboxylic acids is 1. The molecule has 2 N–H and O–H groups in total. The molecule has 0 spiro atoms. The maximum atomic E-state index is 12.9. The first kappa shape index (κ1) is 17.1. The summed E-state index contributed by atoms with van der Waals surface area (Å²) in [4.78, 5) is 23.1. The first-order chi connectivity index (χ1) is 11.8. The molecule has 1 unspecified atom stereocenters. The molecule has 1 heterocycles. The van der Waals surface area contributed by atoms with Crippen LogP contribution in [0, 0.1) is 5.92 Å². The zero-order valence-electron chi connectivity index (χ0n) is 12.8. The average Bonchev–Trinajstić information content (AvgIpc) is 3.26. The fraction of sp³-hybridized carbons (Fsp3) is 0.294. The third-order valence-corrected chi connectivity index (χ3v) is 4.02. The van der Waals surface area contributed by atoms with Crippen LogP contribution >= 0.6 is 0 Å². The molecule has 8 heteroatoms. The van der Waals surface area contributed by atoms with E-state index in [-0.39, 0.29) is 17.2 Å². The molecule has 25 heavy (non-hydrogen) atoms. The highest BCUT2D eigenvalue weighted by Crippen LogP contribution is 2.42. The van der Waals surface area contributed by atoms with Crippen LogP contribution in [-0.2, 0) is 6.18 Å². The standard InChI is InChI=1S/C17H14F3NO4/c18-17(19,20)12-3-1-2-10(6-12)14(9-4-5-9)21-15(22)13-7-11(8-25-13)16(23)24/h1-3,6-9,14H,4-5H2,(H,21,22)(H,23,24). The summed E-state index contributed by atoms with van der Waals surface area (Å²) in [5, 5.41) is 11.5. The minimum atomic E-state index is -4.47. The molecule has 1 aromatic carbocycles. The second-order valence-electron chi connectivity index (χ2n) is 5.92. The van der Waals surface area contributed by atoms with Gasteiger partial charge in [-0.1, -0.05) is 12.1 Å². The number of benzene rings is 1. The highest BCUT2D eigenvalue weighted by atomic mass is 19.4. The van der Waals surface area contributed by atoms with Gasteiger partial charge in [0.2, 0.25) is 0 Å². The van der Waals surface area contributed by atoms with Crippen molar-refractivity contribution in [1.82, 2.24) is 5.32 Å². The molecule has 0 bridgehead atoms. The van der Waals surface area contributed by atoms with Gasteiger partial charge in [0.25, 0.3) is 5.91 Å². The van der Waals surface area contributed by atoms with Gasteiger partial charge >= 0.3 is 12.1 Å². The topological polar surface area (TPSA) is 79.5 Å². The van der Waals surface area contributed by atoms with E-state index >= 15 is 0 Å². The lowest BCUT2D eigenvalue weighted by Crippen LogP contribution is -2.29. The largest absolute Gasteiger partial charge is 0.478 e. The normalized spacial score (nSPS) is 15.6. The molecule has 0 radical (unpaired) electrons. The molecular weight excluding hydrogens is 339 g/mol. The van der Waals surface area contributed by atoms with E-state index in [0.29, 0.717) is 5.56 Å². The van der Waals surface area contributed by atoms with Gasteiger partial charge < -0.3 is 14.8 Å². The summed E-state index contributed by atoms with van der Waals surface area (Å²) in [6.45, 7) is 0. The summed E-state index contributed by atoms with van der Waals surface area (Å²) in [5.41, 5.74) is -0.598. The lowest BCUT2D eigenvalue weighted by atomic mass is 9.99. The van der Waals surface area contributed by atoms with Gasteiger partial charge in [-0.05, 0) is 36.5 Å². The third kappa shape index (κ3) is 3.84. The van der Waals surface area contributed by atoms with Crippen molar-refractivity contribution in [3.63, 3.8) is 0 Å². The fourth-order valence-corrected chi connectivity index (χ4v) is 2.59. The van der Waals surface area contributed by atoms with Crippen LogP contribution < -0.4 is 5.32 Å². The maximum absolute atomic E-state index is 12.9. The number of halogens is 3. The molecule has 0 aliphatic heterocycles. The van der Waals surface area contributed by atoms with Gasteiger partial charge in [-0.3, -0.25) is 4.79 Å². The van der Waals surface area contributed by atoms with Gasteiger partial charge in [0.1, 0.15) is 6.26 Å². The smallest absolute Gasteiger partial charge is 0.416 e. The number of hydrogen-bond acceptors (Lipinski definition) is 3. The van der Waals surface area contributed by atoms with Crippen molar-refractivity contribution in [2.24, 2.45) is 5.92 Å². The van der Waals surface area contributed by atoms with Crippen molar-refractivity contribution >= 4 is 11.9 Å². The summed E-state index contributed by atoms with van der Waals surface area (Å²) in [7, 11) is 0. The van der Waals surface area contributed by atoms with Gasteiger partial charge in [-0.2, -0.15) is 13.2 Å². The number of carbonyl (C=O) groups excluding carboxylic acids is 1. The van der Waals surface area contributed by atoms with Crippen molar-refractivity contribution in [3.05, 3.63) is 59.0 Å². The number of carbonyl (C=O) groups is 2. The molecule has 1 amide bonds. The van der Waals surface area contributed by atoms with Crippen molar-refractivity contribution in [1.29, 1.82) is 0 Å². The number of alkyl halides is 3. The Kier molecular flexibility index (Phi) is 4.28. The van der Waals surface area contributed by atoms with E-state index in [1.54, 1.807) is 0 Å². The molecule has 5 nitrogen and oxygen atoms in total. The number of amides is 1. The summed E-state index contributed by atoms with van der Waals surface area (Å²) in [6, 6.07) is 5.31. The quantitative estimate of drug-likeness (QED) is 0.855. The summed E-state index contributed by atoms with van der Waals surface area (Å²) >= 11 is 0. The number of carboxylic acid groups (broad SMARTS) is 1.